The first kappa shape index (κ1) is 11.4. The molecule has 0 aromatic heterocycles. The van der Waals surface area contributed by atoms with Gasteiger partial charge in [-0.25, -0.2) is 0 Å². The van der Waals surface area contributed by atoms with Crippen LogP contribution in [0.4, 0.5) is 11.4 Å². The lowest BCUT2D eigenvalue weighted by atomic mass is 9.90. The minimum Gasteiger partial charge on any atom is -0.385 e. The molecule has 1 aromatic carbocycles. The Bertz CT molecular complexity index is 489. The second-order valence-electron chi connectivity index (χ2n) is 4.16. The third-order valence-corrected chi connectivity index (χ3v) is 2.80. The van der Waals surface area contributed by atoms with Gasteiger partial charge in [0.15, 0.2) is 0 Å². The van der Waals surface area contributed by atoms with Crippen LogP contribution in [0.25, 0.3) is 0 Å². The van der Waals surface area contributed by atoms with Gasteiger partial charge < -0.3 is 10.0 Å². The zero-order valence-electron chi connectivity index (χ0n) is 9.04. The first-order valence-corrected chi connectivity index (χ1v) is 5.13. The van der Waals surface area contributed by atoms with Crippen LogP contribution in [-0.2, 0) is 0 Å². The number of nitriles is 1. The Hall–Kier alpha value is -2.13. The Kier molecular flexibility index (Phi) is 2.69. The highest BCUT2D eigenvalue weighted by molar-refractivity contribution is 5.65. The minimum absolute atomic E-state index is 0.0199. The van der Waals surface area contributed by atoms with E-state index in [2.05, 4.69) is 0 Å². The first-order valence-electron chi connectivity index (χ1n) is 5.13. The molecule has 6 nitrogen and oxygen atoms in total. The van der Waals surface area contributed by atoms with Gasteiger partial charge in [-0.15, -0.1) is 0 Å². The summed E-state index contributed by atoms with van der Waals surface area (Å²) in [6, 6.07) is 8.29. The van der Waals surface area contributed by atoms with E-state index >= 15 is 0 Å². The van der Waals surface area contributed by atoms with Crippen molar-refractivity contribution < 1.29 is 10.0 Å². The quantitative estimate of drug-likeness (QED) is 0.622. The highest BCUT2D eigenvalue weighted by Crippen LogP contribution is 2.35. The zero-order valence-corrected chi connectivity index (χ0v) is 9.04. The lowest BCUT2D eigenvalue weighted by molar-refractivity contribution is -0.384. The average molecular weight is 233 g/mol. The van der Waals surface area contributed by atoms with Gasteiger partial charge in [0, 0.05) is 19.2 Å². The molecule has 1 saturated heterocycles. The van der Waals surface area contributed by atoms with Crippen molar-refractivity contribution in [2.24, 2.45) is 0 Å². The molecule has 6 heteroatoms. The van der Waals surface area contributed by atoms with Crippen LogP contribution >= 0.6 is 0 Å². The number of hydrogen-bond donors (Lipinski definition) is 1. The van der Waals surface area contributed by atoms with Crippen molar-refractivity contribution in [3.05, 3.63) is 34.4 Å². The van der Waals surface area contributed by atoms with E-state index in [1.165, 1.54) is 6.07 Å². The molecule has 1 N–H and O–H groups in total. The Morgan fingerprint density at radius 1 is 1.53 bits per heavy atom. The number of anilines is 1. The number of nitrogens with zero attached hydrogens (tertiary/aromatic N) is 3. The Labute approximate surface area is 97.8 Å². The monoisotopic (exact) mass is 233 g/mol. The van der Waals surface area contributed by atoms with Gasteiger partial charge in [-0.3, -0.25) is 10.1 Å². The molecule has 1 aliphatic heterocycles. The average Bonchev–Trinajstić information content (AvgIpc) is 2.26. The van der Waals surface area contributed by atoms with Crippen LogP contribution in [0.3, 0.4) is 0 Å². The normalized spacial score (nSPS) is 17.1. The number of hydrogen-bond acceptors (Lipinski definition) is 5. The van der Waals surface area contributed by atoms with E-state index in [-0.39, 0.29) is 25.2 Å². The van der Waals surface area contributed by atoms with Gasteiger partial charge in [0.05, 0.1) is 17.4 Å². The summed E-state index contributed by atoms with van der Waals surface area (Å²) in [5.74, 6) is 0. The molecular formula is C11H11N3O3. The van der Waals surface area contributed by atoms with E-state index in [1.54, 1.807) is 23.1 Å². The van der Waals surface area contributed by atoms with Crippen molar-refractivity contribution in [1.29, 1.82) is 5.26 Å². The fourth-order valence-electron chi connectivity index (χ4n) is 1.98. The molecule has 1 aromatic rings. The number of benzene rings is 1. The number of aliphatic hydroxyl groups is 1. The van der Waals surface area contributed by atoms with Gasteiger partial charge in [0.2, 0.25) is 0 Å². The number of para-hydroxylation sites is 2. The summed E-state index contributed by atoms with van der Waals surface area (Å²) in [5, 5.41) is 29.2. The van der Waals surface area contributed by atoms with Crippen molar-refractivity contribution in [3.8, 4) is 6.07 Å². The van der Waals surface area contributed by atoms with Gasteiger partial charge in [-0.05, 0) is 6.07 Å². The summed E-state index contributed by atoms with van der Waals surface area (Å²) >= 11 is 0. The maximum absolute atomic E-state index is 10.8. The van der Waals surface area contributed by atoms with Crippen LogP contribution in [0.2, 0.25) is 0 Å². The molecule has 0 saturated carbocycles. The molecule has 0 atom stereocenters. The number of rotatable bonds is 3. The maximum Gasteiger partial charge on any atom is 0.292 e. The van der Waals surface area contributed by atoms with Gasteiger partial charge in [0.25, 0.3) is 5.69 Å². The van der Waals surface area contributed by atoms with E-state index in [0.29, 0.717) is 5.69 Å². The van der Waals surface area contributed by atoms with Crippen molar-refractivity contribution in [2.45, 2.75) is 12.0 Å². The molecule has 0 bridgehead atoms. The lowest BCUT2D eigenvalue weighted by Gasteiger charge is -2.46. The molecule has 17 heavy (non-hydrogen) atoms. The highest BCUT2D eigenvalue weighted by Gasteiger charge is 2.42. The van der Waals surface area contributed by atoms with Crippen molar-refractivity contribution >= 4 is 11.4 Å². The first-order chi connectivity index (χ1) is 8.06. The van der Waals surface area contributed by atoms with Crippen LogP contribution in [0, 0.1) is 21.4 Å². The molecule has 1 fully saturated rings. The van der Waals surface area contributed by atoms with E-state index in [1.807, 2.05) is 6.07 Å². The predicted molar refractivity (Wildman–Crippen MR) is 60.5 cm³/mol. The van der Waals surface area contributed by atoms with Crippen LogP contribution < -0.4 is 4.90 Å². The number of nitro groups is 1. The molecular weight excluding hydrogens is 222 g/mol. The fraction of sp³-hybridized carbons (Fsp3) is 0.364. The van der Waals surface area contributed by atoms with Crippen LogP contribution in [-0.4, -0.2) is 28.7 Å². The zero-order chi connectivity index (χ0) is 12.5. The van der Waals surface area contributed by atoms with E-state index in [4.69, 9.17) is 5.26 Å². The summed E-state index contributed by atoms with van der Waals surface area (Å²) in [4.78, 5) is 12.1. The summed E-state index contributed by atoms with van der Waals surface area (Å²) in [6.07, 6.45) is 0.0458. The second kappa shape index (κ2) is 4.03. The minimum atomic E-state index is -1.03. The van der Waals surface area contributed by atoms with E-state index < -0.39 is 10.5 Å². The molecule has 0 aliphatic carbocycles. The van der Waals surface area contributed by atoms with Crippen molar-refractivity contribution in [2.75, 3.05) is 18.0 Å². The Morgan fingerprint density at radius 3 is 2.76 bits per heavy atom. The molecule has 0 amide bonds. The third-order valence-electron chi connectivity index (χ3n) is 2.80. The maximum atomic E-state index is 10.8. The number of β-amino-alcohol motifs (C(OH)–C–C–N with tert-alkyl or cyclic N) is 1. The van der Waals surface area contributed by atoms with Crippen LogP contribution in [0.5, 0.6) is 0 Å². The molecule has 0 radical (unpaired) electrons. The van der Waals surface area contributed by atoms with Gasteiger partial charge in [-0.2, -0.15) is 5.26 Å². The largest absolute Gasteiger partial charge is 0.385 e. The molecule has 2 rings (SSSR count). The second-order valence-corrected chi connectivity index (χ2v) is 4.16. The van der Waals surface area contributed by atoms with Crippen molar-refractivity contribution in [1.82, 2.24) is 0 Å². The Morgan fingerprint density at radius 2 is 2.18 bits per heavy atom. The summed E-state index contributed by atoms with van der Waals surface area (Å²) in [7, 11) is 0. The molecule has 1 heterocycles. The predicted octanol–water partition coefficient (Wildman–Crippen LogP) is 1.06. The van der Waals surface area contributed by atoms with Gasteiger partial charge in [-0.1, -0.05) is 12.1 Å². The SMILES string of the molecule is N#CCC1(O)CN(c2ccccc2[N+](=O)[O-])C1. The number of nitro benzene ring substituents is 1. The fourth-order valence-corrected chi connectivity index (χ4v) is 1.98. The standard InChI is InChI=1S/C11H11N3O3/c12-6-5-11(15)7-13(8-11)9-3-1-2-4-10(9)14(16)17/h1-4,15H,5,7-8H2. The van der Waals surface area contributed by atoms with Crippen molar-refractivity contribution in [3.63, 3.8) is 0 Å². The van der Waals surface area contributed by atoms with Crippen LogP contribution in [0.1, 0.15) is 6.42 Å². The Balaban J connectivity index is 2.17. The molecule has 88 valence electrons. The smallest absolute Gasteiger partial charge is 0.292 e. The summed E-state index contributed by atoms with van der Waals surface area (Å²) in [5.41, 5.74) is -0.523. The third kappa shape index (κ3) is 2.05. The topological polar surface area (TPSA) is 90.4 Å². The van der Waals surface area contributed by atoms with Gasteiger partial charge in [0.1, 0.15) is 11.3 Å². The molecule has 1 aliphatic rings. The molecule has 0 spiro atoms. The van der Waals surface area contributed by atoms with E-state index in [9.17, 15) is 15.2 Å². The summed E-state index contributed by atoms with van der Waals surface area (Å²) < 4.78 is 0. The van der Waals surface area contributed by atoms with E-state index in [0.717, 1.165) is 0 Å². The van der Waals surface area contributed by atoms with Gasteiger partial charge >= 0.3 is 0 Å². The molecule has 0 unspecified atom stereocenters. The van der Waals surface area contributed by atoms with Crippen LogP contribution in [0.15, 0.2) is 24.3 Å². The highest BCUT2D eigenvalue weighted by atomic mass is 16.6. The summed E-state index contributed by atoms with van der Waals surface area (Å²) in [6.45, 7) is 0.511. The lowest BCUT2D eigenvalue weighted by Crippen LogP contribution is -2.61.